The number of hydrogen-bond donors (Lipinski definition) is 2. The van der Waals surface area contributed by atoms with Crippen molar-refractivity contribution in [1.29, 1.82) is 0 Å². The molecule has 0 spiro atoms. The van der Waals surface area contributed by atoms with Crippen LogP contribution in [-0.2, 0) is 35.6 Å². The summed E-state index contributed by atoms with van der Waals surface area (Å²) >= 11 is 0. The zero-order chi connectivity index (χ0) is 0. The second-order valence-electron chi connectivity index (χ2n) is 0. The summed E-state index contributed by atoms with van der Waals surface area (Å²) in [6.45, 7) is 0. The first-order valence-corrected chi connectivity index (χ1v) is 0. The SMILES string of the molecule is N.N.[Fe].[V]. The van der Waals surface area contributed by atoms with E-state index in [1.807, 2.05) is 0 Å². The molecule has 29 valence electrons. The smallest absolute Gasteiger partial charge is 0 e. The maximum absolute atomic E-state index is 0. The van der Waals surface area contributed by atoms with Crippen LogP contribution in [0.15, 0.2) is 0 Å². The van der Waals surface area contributed by atoms with Gasteiger partial charge in [-0.1, -0.05) is 0 Å². The summed E-state index contributed by atoms with van der Waals surface area (Å²) in [5, 5.41) is 0. The van der Waals surface area contributed by atoms with Crippen molar-refractivity contribution in [1.82, 2.24) is 12.3 Å². The van der Waals surface area contributed by atoms with E-state index in [0.29, 0.717) is 0 Å². The fourth-order valence-corrected chi connectivity index (χ4v) is 0. The third-order valence-corrected chi connectivity index (χ3v) is 0. The molecule has 0 fully saturated rings. The summed E-state index contributed by atoms with van der Waals surface area (Å²) in [5.74, 6) is 0. The van der Waals surface area contributed by atoms with E-state index >= 15 is 0 Å². The average molecular weight is 141 g/mol. The van der Waals surface area contributed by atoms with Gasteiger partial charge in [0, 0.05) is 35.6 Å². The van der Waals surface area contributed by atoms with Crippen LogP contribution in [0.3, 0.4) is 0 Å². The predicted octanol–water partition coefficient (Wildman–Crippen LogP) is 0.319. The molecule has 2 nitrogen and oxygen atoms in total. The molecule has 0 aromatic carbocycles. The van der Waals surface area contributed by atoms with Crippen LogP contribution in [0.4, 0.5) is 0 Å². The van der Waals surface area contributed by atoms with Crippen LogP contribution in [-0.4, -0.2) is 0 Å². The van der Waals surface area contributed by atoms with E-state index in [1.165, 1.54) is 0 Å². The minimum absolute atomic E-state index is 0. The summed E-state index contributed by atoms with van der Waals surface area (Å²) in [5.41, 5.74) is 0. The third kappa shape index (κ3) is 11.8. The van der Waals surface area contributed by atoms with Gasteiger partial charge in [-0.2, -0.15) is 0 Å². The van der Waals surface area contributed by atoms with Gasteiger partial charge in [-0.05, 0) is 0 Å². The van der Waals surface area contributed by atoms with Gasteiger partial charge < -0.3 is 12.3 Å². The molecule has 4 heavy (non-hydrogen) atoms. The van der Waals surface area contributed by atoms with Crippen LogP contribution in [0.25, 0.3) is 0 Å². The van der Waals surface area contributed by atoms with Crippen LogP contribution in [0.2, 0.25) is 0 Å². The molecule has 0 bridgehead atoms. The number of rotatable bonds is 0. The van der Waals surface area contributed by atoms with Crippen LogP contribution in [0.1, 0.15) is 0 Å². The summed E-state index contributed by atoms with van der Waals surface area (Å²) in [6, 6.07) is 0. The van der Waals surface area contributed by atoms with E-state index in [-0.39, 0.29) is 47.9 Å². The second kappa shape index (κ2) is 35.1. The van der Waals surface area contributed by atoms with Gasteiger partial charge in [0.15, 0.2) is 0 Å². The molecule has 1 radical (unpaired) electrons. The molecular weight excluding hydrogens is 135 g/mol. The molecule has 0 unspecified atom stereocenters. The van der Waals surface area contributed by atoms with Crippen molar-refractivity contribution in [3.63, 3.8) is 0 Å². The minimum atomic E-state index is 0. The summed E-state index contributed by atoms with van der Waals surface area (Å²) in [6.07, 6.45) is 0. The fraction of sp³-hybridized carbons (Fsp3) is 0. The van der Waals surface area contributed by atoms with Crippen molar-refractivity contribution >= 4 is 0 Å². The topological polar surface area (TPSA) is 70.0 Å². The van der Waals surface area contributed by atoms with Gasteiger partial charge in [0.1, 0.15) is 0 Å². The average Bonchev–Trinajstić information content (AvgIpc) is 0. The molecule has 0 aromatic heterocycles. The van der Waals surface area contributed by atoms with Crippen molar-refractivity contribution in [2.75, 3.05) is 0 Å². The zero-order valence-corrected chi connectivity index (χ0v) is 4.72. The molecule has 0 aliphatic carbocycles. The first-order chi connectivity index (χ1) is 0. The van der Waals surface area contributed by atoms with Gasteiger partial charge in [-0.3, -0.25) is 0 Å². The molecule has 0 aliphatic rings. The van der Waals surface area contributed by atoms with Gasteiger partial charge in [0.05, 0.1) is 0 Å². The Kier molecular flexibility index (Phi) is 681. The predicted molar refractivity (Wildman–Crippen MR) is 10.0 cm³/mol. The molecule has 0 aromatic rings. The maximum atomic E-state index is 0. The van der Waals surface area contributed by atoms with Crippen molar-refractivity contribution < 1.29 is 35.6 Å². The van der Waals surface area contributed by atoms with Gasteiger partial charge >= 0.3 is 0 Å². The van der Waals surface area contributed by atoms with E-state index in [0.717, 1.165) is 0 Å². The minimum Gasteiger partial charge on any atom is -0.344 e. The Balaban J connectivity index is 0. The summed E-state index contributed by atoms with van der Waals surface area (Å²) in [7, 11) is 0. The Bertz CT molecular complexity index is 6.00. The van der Waals surface area contributed by atoms with E-state index in [1.54, 1.807) is 0 Å². The first-order valence-electron chi connectivity index (χ1n) is 0. The first kappa shape index (κ1) is 77.6. The standard InChI is InChI=1S/Fe.2H3N.V/h;2*1H3;. The second-order valence-corrected chi connectivity index (χ2v) is 0. The zero-order valence-electron chi connectivity index (χ0n) is 2.21. The van der Waals surface area contributed by atoms with Crippen LogP contribution >= 0.6 is 0 Å². The Morgan fingerprint density at radius 2 is 0.750 bits per heavy atom. The molecule has 0 heterocycles. The summed E-state index contributed by atoms with van der Waals surface area (Å²) in [4.78, 5) is 0. The van der Waals surface area contributed by atoms with Gasteiger partial charge in [-0.15, -0.1) is 0 Å². The Hall–Kier alpha value is 1.02. The molecule has 0 aliphatic heterocycles. The van der Waals surface area contributed by atoms with Crippen molar-refractivity contribution in [2.45, 2.75) is 0 Å². The van der Waals surface area contributed by atoms with Crippen LogP contribution in [0.5, 0.6) is 0 Å². The van der Waals surface area contributed by atoms with E-state index in [2.05, 4.69) is 0 Å². The molecule has 4 heteroatoms. The van der Waals surface area contributed by atoms with Crippen molar-refractivity contribution in [3.05, 3.63) is 0 Å². The van der Waals surface area contributed by atoms with Crippen LogP contribution in [0, 0.1) is 0 Å². The van der Waals surface area contributed by atoms with Gasteiger partial charge in [0.25, 0.3) is 0 Å². The van der Waals surface area contributed by atoms with Crippen molar-refractivity contribution in [3.8, 4) is 0 Å². The molecular formula is H6FeN2V. The Morgan fingerprint density at radius 1 is 0.750 bits per heavy atom. The van der Waals surface area contributed by atoms with E-state index in [4.69, 9.17) is 0 Å². The molecule has 0 atom stereocenters. The van der Waals surface area contributed by atoms with E-state index < -0.39 is 0 Å². The van der Waals surface area contributed by atoms with Crippen molar-refractivity contribution in [2.24, 2.45) is 0 Å². The maximum Gasteiger partial charge on any atom is 0 e. The normalized spacial score (nSPS) is 0. The Morgan fingerprint density at radius 3 is 0.750 bits per heavy atom. The molecule has 0 saturated heterocycles. The fourth-order valence-electron chi connectivity index (χ4n) is 0. The quantitative estimate of drug-likeness (QED) is 0.476. The molecule has 0 amide bonds. The third-order valence-electron chi connectivity index (χ3n) is 0. The monoisotopic (exact) mass is 141 g/mol. The number of hydrogen-bond acceptors (Lipinski definition) is 2. The molecule has 6 N–H and O–H groups in total. The Labute approximate surface area is 48.2 Å². The largest absolute Gasteiger partial charge is 0.344 e. The molecule has 0 rings (SSSR count). The van der Waals surface area contributed by atoms with E-state index in [9.17, 15) is 0 Å². The van der Waals surface area contributed by atoms with Gasteiger partial charge in [-0.25, -0.2) is 0 Å². The van der Waals surface area contributed by atoms with Crippen LogP contribution < -0.4 is 12.3 Å². The van der Waals surface area contributed by atoms with Gasteiger partial charge in [0.2, 0.25) is 0 Å². The summed E-state index contributed by atoms with van der Waals surface area (Å²) < 4.78 is 0. The molecule has 0 saturated carbocycles.